The molecular weight excluding hydrogens is 476 g/mol. The number of nitrogens with zero attached hydrogens (tertiary/aromatic N) is 2. The van der Waals surface area contributed by atoms with Crippen LogP contribution in [0.5, 0.6) is 5.88 Å². The van der Waals surface area contributed by atoms with Crippen molar-refractivity contribution in [3.63, 3.8) is 0 Å². The van der Waals surface area contributed by atoms with Gasteiger partial charge in [0.05, 0.1) is 16.6 Å². The van der Waals surface area contributed by atoms with Crippen LogP contribution in [0.4, 0.5) is 11.6 Å². The Labute approximate surface area is 212 Å². The normalized spacial score (nSPS) is 19.7. The highest BCUT2D eigenvalue weighted by molar-refractivity contribution is 7.92. The number of anilines is 2. The highest BCUT2D eigenvalue weighted by Gasteiger charge is 2.22. The molecule has 1 atom stereocenters. The Hall–Kier alpha value is -3.17. The lowest BCUT2D eigenvalue weighted by Crippen LogP contribution is -2.29. The van der Waals surface area contributed by atoms with Crippen molar-refractivity contribution < 1.29 is 17.9 Å². The Kier molecular flexibility index (Phi) is 7.11. The fourth-order valence-electron chi connectivity index (χ4n) is 4.91. The van der Waals surface area contributed by atoms with Gasteiger partial charge in [0.15, 0.2) is 0 Å². The monoisotopic (exact) mass is 508 g/mol. The third-order valence-corrected chi connectivity index (χ3v) is 8.20. The molecule has 0 spiro atoms. The molecule has 3 aromatic rings. The van der Waals surface area contributed by atoms with Gasteiger partial charge >= 0.3 is 0 Å². The van der Waals surface area contributed by atoms with Gasteiger partial charge in [-0.2, -0.15) is 4.98 Å². The van der Waals surface area contributed by atoms with Gasteiger partial charge in [0, 0.05) is 30.5 Å². The van der Waals surface area contributed by atoms with Crippen LogP contribution < -0.4 is 14.8 Å². The minimum absolute atomic E-state index is 0.0113. The Morgan fingerprint density at radius 1 is 0.972 bits per heavy atom. The van der Waals surface area contributed by atoms with E-state index in [0.29, 0.717) is 24.1 Å². The molecule has 2 N–H and O–H groups in total. The van der Waals surface area contributed by atoms with Crippen molar-refractivity contribution in [2.75, 3.05) is 29.9 Å². The zero-order chi connectivity index (χ0) is 25.1. The highest BCUT2D eigenvalue weighted by Crippen LogP contribution is 2.30. The third kappa shape index (κ3) is 5.63. The summed E-state index contributed by atoms with van der Waals surface area (Å²) < 4.78 is 40.7. The molecule has 0 aliphatic carbocycles. The van der Waals surface area contributed by atoms with E-state index in [4.69, 9.17) is 9.47 Å². The molecule has 4 bridgehead atoms. The summed E-state index contributed by atoms with van der Waals surface area (Å²) in [6, 6.07) is 14.6. The summed E-state index contributed by atoms with van der Waals surface area (Å²) in [4.78, 5) is 9.12. The number of benzene rings is 2. The SMILES string of the molecule is Cc1cccc(C)c1-c1cc2nc(n1)NS(=O)(=O)c1cccc(c1)NC(CCC1CCOCC1)CO2. The maximum Gasteiger partial charge on any atom is 0.264 e. The lowest BCUT2D eigenvalue weighted by Gasteiger charge is -2.26. The average molecular weight is 509 g/mol. The number of aryl methyl sites for hydroxylation is 2. The van der Waals surface area contributed by atoms with E-state index in [1.54, 1.807) is 24.3 Å². The third-order valence-electron chi connectivity index (χ3n) is 6.88. The van der Waals surface area contributed by atoms with Crippen LogP contribution >= 0.6 is 0 Å². The standard InChI is InChI=1S/C27H32N4O4S/c1-18-5-3-6-19(2)26(18)24-16-25-30-27(29-24)31-36(32,33)23-8-4-7-21(15-23)28-22(17-35-25)10-9-20-11-13-34-14-12-20/h3-8,15-16,20,22,28H,9-14,17H2,1-2H3,(H,29,30,31). The smallest absolute Gasteiger partial charge is 0.264 e. The molecule has 2 aliphatic heterocycles. The molecule has 0 amide bonds. The fraction of sp³-hybridized carbons (Fsp3) is 0.407. The quantitative estimate of drug-likeness (QED) is 0.515. The number of hydrogen-bond donors (Lipinski definition) is 2. The number of aromatic nitrogens is 2. The largest absolute Gasteiger partial charge is 0.475 e. The molecule has 1 saturated heterocycles. The van der Waals surface area contributed by atoms with Crippen LogP contribution in [0, 0.1) is 19.8 Å². The summed E-state index contributed by atoms with van der Waals surface area (Å²) in [6.45, 7) is 6.04. The summed E-state index contributed by atoms with van der Waals surface area (Å²) in [5.41, 5.74) is 4.37. The van der Waals surface area contributed by atoms with Crippen LogP contribution in [0.1, 0.15) is 36.8 Å². The molecule has 0 radical (unpaired) electrons. The second-order valence-corrected chi connectivity index (χ2v) is 11.3. The van der Waals surface area contributed by atoms with E-state index in [0.717, 1.165) is 61.3 Å². The number of sulfonamides is 1. The Morgan fingerprint density at radius 3 is 2.50 bits per heavy atom. The number of ether oxygens (including phenoxy) is 2. The van der Waals surface area contributed by atoms with E-state index in [1.807, 2.05) is 38.1 Å². The first kappa shape index (κ1) is 24.5. The van der Waals surface area contributed by atoms with Crippen molar-refractivity contribution in [3.8, 4) is 17.1 Å². The van der Waals surface area contributed by atoms with Crippen LogP contribution in [0.3, 0.4) is 0 Å². The fourth-order valence-corrected chi connectivity index (χ4v) is 5.90. The van der Waals surface area contributed by atoms with Gasteiger partial charge in [0.2, 0.25) is 11.8 Å². The van der Waals surface area contributed by atoms with Gasteiger partial charge < -0.3 is 14.8 Å². The van der Waals surface area contributed by atoms with Gasteiger partial charge in [-0.15, -0.1) is 0 Å². The zero-order valence-corrected chi connectivity index (χ0v) is 21.5. The molecule has 190 valence electrons. The Morgan fingerprint density at radius 2 is 1.72 bits per heavy atom. The van der Waals surface area contributed by atoms with Crippen molar-refractivity contribution in [2.24, 2.45) is 5.92 Å². The van der Waals surface area contributed by atoms with E-state index in [-0.39, 0.29) is 16.9 Å². The van der Waals surface area contributed by atoms with Crippen molar-refractivity contribution in [2.45, 2.75) is 50.5 Å². The molecule has 1 fully saturated rings. The summed E-state index contributed by atoms with van der Waals surface area (Å²) in [5, 5.41) is 3.49. The second-order valence-electron chi connectivity index (χ2n) is 9.60. The lowest BCUT2D eigenvalue weighted by atomic mass is 9.93. The minimum atomic E-state index is -3.90. The first-order valence-electron chi connectivity index (χ1n) is 12.4. The average Bonchev–Trinajstić information content (AvgIpc) is 2.85. The van der Waals surface area contributed by atoms with Gasteiger partial charge in [-0.1, -0.05) is 24.3 Å². The van der Waals surface area contributed by atoms with E-state index < -0.39 is 10.0 Å². The molecular formula is C27H32N4O4S. The van der Waals surface area contributed by atoms with Crippen LogP contribution in [0.15, 0.2) is 53.4 Å². The molecule has 9 heteroatoms. The van der Waals surface area contributed by atoms with Gasteiger partial charge in [0.25, 0.3) is 10.0 Å². The molecule has 3 heterocycles. The van der Waals surface area contributed by atoms with Crippen molar-refractivity contribution >= 4 is 21.7 Å². The van der Waals surface area contributed by atoms with Crippen molar-refractivity contribution in [1.29, 1.82) is 0 Å². The minimum Gasteiger partial charge on any atom is -0.475 e. The van der Waals surface area contributed by atoms with Gasteiger partial charge in [-0.3, -0.25) is 0 Å². The number of fused-ring (bicyclic) bond motifs is 4. The van der Waals surface area contributed by atoms with Crippen LogP contribution in [-0.4, -0.2) is 44.2 Å². The Balaban J connectivity index is 1.51. The molecule has 36 heavy (non-hydrogen) atoms. The van der Waals surface area contributed by atoms with Gasteiger partial charge in [-0.25, -0.2) is 18.1 Å². The zero-order valence-electron chi connectivity index (χ0n) is 20.7. The summed E-state index contributed by atoms with van der Waals surface area (Å²) in [7, 11) is -3.90. The molecule has 2 aliphatic rings. The van der Waals surface area contributed by atoms with Crippen molar-refractivity contribution in [1.82, 2.24) is 9.97 Å². The molecule has 5 rings (SSSR count). The predicted octanol–water partition coefficient (Wildman–Crippen LogP) is 4.94. The molecule has 0 saturated carbocycles. The summed E-state index contributed by atoms with van der Waals surface area (Å²) in [6.07, 6.45) is 4.08. The molecule has 1 aromatic heterocycles. The lowest BCUT2D eigenvalue weighted by molar-refractivity contribution is 0.0624. The maximum atomic E-state index is 13.2. The van der Waals surface area contributed by atoms with E-state index >= 15 is 0 Å². The summed E-state index contributed by atoms with van der Waals surface area (Å²) in [5.74, 6) is 0.949. The molecule has 2 aromatic carbocycles. The predicted molar refractivity (Wildman–Crippen MR) is 140 cm³/mol. The van der Waals surface area contributed by atoms with E-state index in [2.05, 4.69) is 20.0 Å². The molecule has 1 unspecified atom stereocenters. The van der Waals surface area contributed by atoms with Crippen LogP contribution in [-0.2, 0) is 14.8 Å². The first-order valence-corrected chi connectivity index (χ1v) is 13.9. The van der Waals surface area contributed by atoms with Crippen LogP contribution in [0.2, 0.25) is 0 Å². The van der Waals surface area contributed by atoms with Crippen molar-refractivity contribution in [3.05, 3.63) is 59.7 Å². The first-order chi connectivity index (χ1) is 17.4. The second kappa shape index (κ2) is 10.4. The molecule has 8 nitrogen and oxygen atoms in total. The maximum absolute atomic E-state index is 13.2. The highest BCUT2D eigenvalue weighted by atomic mass is 32.2. The summed E-state index contributed by atoms with van der Waals surface area (Å²) >= 11 is 0. The van der Waals surface area contributed by atoms with Crippen LogP contribution in [0.25, 0.3) is 11.3 Å². The topological polar surface area (TPSA) is 102 Å². The number of nitrogens with one attached hydrogen (secondary N) is 2. The van der Waals surface area contributed by atoms with E-state index in [1.165, 1.54) is 0 Å². The van der Waals surface area contributed by atoms with Gasteiger partial charge in [0.1, 0.15) is 6.61 Å². The van der Waals surface area contributed by atoms with E-state index in [9.17, 15) is 8.42 Å². The van der Waals surface area contributed by atoms with Gasteiger partial charge in [-0.05, 0) is 74.8 Å². The Bertz CT molecular complexity index is 1320. The number of rotatable bonds is 4. The number of hydrogen-bond acceptors (Lipinski definition) is 7.